The van der Waals surface area contributed by atoms with E-state index in [4.69, 9.17) is 4.74 Å². The van der Waals surface area contributed by atoms with Crippen molar-refractivity contribution >= 4 is 5.91 Å². The van der Waals surface area contributed by atoms with Gasteiger partial charge in [0.1, 0.15) is 12.7 Å². The number of morpholine rings is 1. The van der Waals surface area contributed by atoms with Gasteiger partial charge in [0, 0.05) is 44.6 Å². The maximum atomic E-state index is 12.3. The number of carbonyl (C=O) groups is 1. The van der Waals surface area contributed by atoms with Gasteiger partial charge in [-0.1, -0.05) is 19.3 Å². The fourth-order valence-corrected chi connectivity index (χ4v) is 4.05. The minimum absolute atomic E-state index is 0.159. The summed E-state index contributed by atoms with van der Waals surface area (Å²) < 4.78 is 7.24. The number of hydrogen-bond donors (Lipinski definition) is 1. The number of nitrogens with zero attached hydrogens (tertiary/aromatic N) is 4. The van der Waals surface area contributed by atoms with Crippen LogP contribution in [0.15, 0.2) is 12.7 Å². The lowest BCUT2D eigenvalue weighted by Gasteiger charge is -2.42. The lowest BCUT2D eigenvalue weighted by atomic mass is 9.73. The predicted molar refractivity (Wildman–Crippen MR) is 95.0 cm³/mol. The Kier molecular flexibility index (Phi) is 6.81. The molecule has 0 unspecified atom stereocenters. The number of hydrogen-bond acceptors (Lipinski definition) is 5. The molecule has 3 rings (SSSR count). The Bertz CT molecular complexity index is 508. The highest BCUT2D eigenvalue weighted by molar-refractivity contribution is 5.75. The highest BCUT2D eigenvalue weighted by atomic mass is 16.5. The molecular formula is C18H31N5O2. The smallest absolute Gasteiger partial charge is 0.220 e. The highest BCUT2D eigenvalue weighted by Gasteiger charge is 2.34. The average molecular weight is 349 g/mol. The molecule has 1 aromatic rings. The van der Waals surface area contributed by atoms with Gasteiger partial charge in [-0.05, 0) is 19.3 Å². The van der Waals surface area contributed by atoms with Crippen molar-refractivity contribution in [2.45, 2.75) is 51.5 Å². The Morgan fingerprint density at radius 3 is 2.72 bits per heavy atom. The van der Waals surface area contributed by atoms with E-state index in [0.29, 0.717) is 6.42 Å². The van der Waals surface area contributed by atoms with Gasteiger partial charge in [-0.25, -0.2) is 4.98 Å². The van der Waals surface area contributed by atoms with E-state index in [1.54, 1.807) is 11.0 Å². The summed E-state index contributed by atoms with van der Waals surface area (Å²) in [6.07, 6.45) is 10.9. The third-order valence-electron chi connectivity index (χ3n) is 5.50. The van der Waals surface area contributed by atoms with Crippen LogP contribution in [0.1, 0.15) is 44.9 Å². The van der Waals surface area contributed by atoms with Gasteiger partial charge < -0.3 is 10.1 Å². The van der Waals surface area contributed by atoms with Crippen LogP contribution in [-0.4, -0.2) is 65.0 Å². The van der Waals surface area contributed by atoms with Crippen LogP contribution >= 0.6 is 0 Å². The topological polar surface area (TPSA) is 72.3 Å². The van der Waals surface area contributed by atoms with E-state index in [0.717, 1.165) is 52.4 Å². The molecule has 0 radical (unpaired) electrons. The molecule has 0 bridgehead atoms. The first-order valence-corrected chi connectivity index (χ1v) is 9.65. The van der Waals surface area contributed by atoms with Gasteiger partial charge in [0.25, 0.3) is 0 Å². The van der Waals surface area contributed by atoms with Crippen molar-refractivity contribution in [1.29, 1.82) is 0 Å². The molecule has 1 aliphatic heterocycles. The molecule has 0 aromatic carbocycles. The quantitative estimate of drug-likeness (QED) is 0.769. The fraction of sp³-hybridized carbons (Fsp3) is 0.833. The number of ether oxygens (including phenoxy) is 1. The molecule has 25 heavy (non-hydrogen) atoms. The van der Waals surface area contributed by atoms with Gasteiger partial charge in [-0.15, -0.1) is 0 Å². The summed E-state index contributed by atoms with van der Waals surface area (Å²) in [5.74, 6) is 0.159. The molecular weight excluding hydrogens is 318 g/mol. The van der Waals surface area contributed by atoms with Crippen LogP contribution in [0.2, 0.25) is 0 Å². The van der Waals surface area contributed by atoms with Crippen molar-refractivity contribution in [3.05, 3.63) is 12.7 Å². The number of rotatable bonds is 8. The third-order valence-corrected chi connectivity index (χ3v) is 5.50. The maximum Gasteiger partial charge on any atom is 0.220 e. The van der Waals surface area contributed by atoms with E-state index in [1.807, 2.05) is 0 Å². The van der Waals surface area contributed by atoms with Gasteiger partial charge in [0.2, 0.25) is 5.91 Å². The number of aromatic nitrogens is 3. The second-order valence-electron chi connectivity index (χ2n) is 7.49. The molecule has 1 saturated carbocycles. The molecule has 2 fully saturated rings. The van der Waals surface area contributed by atoms with E-state index in [2.05, 4.69) is 20.3 Å². The minimum Gasteiger partial charge on any atom is -0.379 e. The zero-order valence-electron chi connectivity index (χ0n) is 15.2. The summed E-state index contributed by atoms with van der Waals surface area (Å²) in [6.45, 7) is 6.37. The molecule has 1 saturated heterocycles. The molecule has 2 aliphatic rings. The summed E-state index contributed by atoms with van der Waals surface area (Å²) in [4.78, 5) is 18.7. The van der Waals surface area contributed by atoms with E-state index >= 15 is 0 Å². The van der Waals surface area contributed by atoms with Crippen molar-refractivity contribution in [1.82, 2.24) is 25.0 Å². The highest BCUT2D eigenvalue weighted by Crippen LogP contribution is 2.36. The first-order valence-electron chi connectivity index (χ1n) is 9.65. The van der Waals surface area contributed by atoms with Crippen molar-refractivity contribution in [3.63, 3.8) is 0 Å². The summed E-state index contributed by atoms with van der Waals surface area (Å²) >= 11 is 0. The largest absolute Gasteiger partial charge is 0.379 e. The van der Waals surface area contributed by atoms with E-state index in [1.165, 1.54) is 38.4 Å². The molecule has 7 nitrogen and oxygen atoms in total. The number of amides is 1. The van der Waals surface area contributed by atoms with Crippen LogP contribution in [0.3, 0.4) is 0 Å². The molecule has 140 valence electrons. The second-order valence-corrected chi connectivity index (χ2v) is 7.49. The van der Waals surface area contributed by atoms with Crippen LogP contribution in [0.4, 0.5) is 0 Å². The summed E-state index contributed by atoms with van der Waals surface area (Å²) in [6, 6.07) is 0. The standard InChI is InChI=1S/C18H31N5O2/c24-17(5-4-8-23-16-19-15-21-23)20-13-18(6-2-1-3-7-18)14-22-9-11-25-12-10-22/h15-16H,1-14H2,(H,20,24). The summed E-state index contributed by atoms with van der Waals surface area (Å²) in [5, 5.41) is 7.29. The number of nitrogens with one attached hydrogen (secondary N) is 1. The molecule has 1 aromatic heterocycles. The van der Waals surface area contributed by atoms with Crippen LogP contribution in [-0.2, 0) is 16.1 Å². The Morgan fingerprint density at radius 2 is 2.00 bits per heavy atom. The number of carbonyl (C=O) groups excluding carboxylic acids is 1. The average Bonchev–Trinajstić information content (AvgIpc) is 3.15. The lowest BCUT2D eigenvalue weighted by molar-refractivity contribution is -0.122. The van der Waals surface area contributed by atoms with E-state index < -0.39 is 0 Å². The first kappa shape index (κ1) is 18.3. The second kappa shape index (κ2) is 9.29. The number of aryl methyl sites for hydroxylation is 1. The molecule has 0 spiro atoms. The van der Waals surface area contributed by atoms with Crippen LogP contribution in [0.25, 0.3) is 0 Å². The molecule has 0 atom stereocenters. The molecule has 1 N–H and O–H groups in total. The zero-order chi connectivity index (χ0) is 17.4. The molecule has 7 heteroatoms. The van der Waals surface area contributed by atoms with E-state index in [9.17, 15) is 4.79 Å². The van der Waals surface area contributed by atoms with Gasteiger partial charge in [0.15, 0.2) is 0 Å². The first-order chi connectivity index (χ1) is 12.3. The van der Waals surface area contributed by atoms with Crippen LogP contribution < -0.4 is 5.32 Å². The predicted octanol–water partition coefficient (Wildman–Crippen LogP) is 1.46. The van der Waals surface area contributed by atoms with Crippen molar-refractivity contribution in [2.24, 2.45) is 5.41 Å². The van der Waals surface area contributed by atoms with Gasteiger partial charge in [-0.3, -0.25) is 14.4 Å². The van der Waals surface area contributed by atoms with Crippen molar-refractivity contribution in [3.8, 4) is 0 Å². The van der Waals surface area contributed by atoms with Crippen molar-refractivity contribution < 1.29 is 9.53 Å². The van der Waals surface area contributed by atoms with Crippen LogP contribution in [0.5, 0.6) is 0 Å². The van der Waals surface area contributed by atoms with Gasteiger partial charge in [0.05, 0.1) is 13.2 Å². The van der Waals surface area contributed by atoms with Crippen LogP contribution in [0, 0.1) is 5.41 Å². The monoisotopic (exact) mass is 349 g/mol. The normalized spacial score (nSPS) is 21.1. The van der Waals surface area contributed by atoms with E-state index in [-0.39, 0.29) is 11.3 Å². The Hall–Kier alpha value is -1.47. The SMILES string of the molecule is O=C(CCCn1cncn1)NCC1(CN2CCOCC2)CCCCC1. The fourth-order valence-electron chi connectivity index (χ4n) is 4.05. The molecule has 1 aliphatic carbocycles. The molecule has 1 amide bonds. The Morgan fingerprint density at radius 1 is 1.20 bits per heavy atom. The Labute approximate surface area is 150 Å². The molecule has 2 heterocycles. The van der Waals surface area contributed by atoms with Gasteiger partial charge in [-0.2, -0.15) is 5.10 Å². The summed E-state index contributed by atoms with van der Waals surface area (Å²) in [5.41, 5.74) is 0.247. The maximum absolute atomic E-state index is 12.3. The van der Waals surface area contributed by atoms with Gasteiger partial charge >= 0.3 is 0 Å². The summed E-state index contributed by atoms with van der Waals surface area (Å²) in [7, 11) is 0. The third kappa shape index (κ3) is 5.78. The lowest BCUT2D eigenvalue weighted by Crippen LogP contribution is -2.49. The minimum atomic E-state index is 0.159. The Balaban J connectivity index is 1.43. The zero-order valence-corrected chi connectivity index (χ0v) is 15.2. The van der Waals surface area contributed by atoms with Crippen molar-refractivity contribution in [2.75, 3.05) is 39.4 Å².